The first-order valence-electron chi connectivity index (χ1n) is 8.59. The quantitative estimate of drug-likeness (QED) is 0.774. The van der Waals surface area contributed by atoms with Crippen LogP contribution >= 0.6 is 0 Å². The Morgan fingerprint density at radius 2 is 2.04 bits per heavy atom. The molecule has 1 saturated heterocycles. The van der Waals surface area contributed by atoms with Crippen molar-refractivity contribution in [3.05, 3.63) is 59.4 Å². The van der Waals surface area contributed by atoms with Crippen molar-refractivity contribution >= 4 is 23.1 Å². The number of amides is 1. The average molecular weight is 356 g/mol. The standard InChI is InChI=1S/C20H21FN2O3/c1-13(24)19-16(21)7-3-8-17(19)22-12-14-5-2-6-15(11-14)23-20(25)18-9-4-10-26-18/h2-3,5-8,11,18,22H,4,9-10,12H2,1H3,(H,23,25). The molecule has 3 rings (SSSR count). The molecule has 2 aromatic carbocycles. The van der Waals surface area contributed by atoms with Crippen LogP contribution in [0, 0.1) is 5.82 Å². The minimum absolute atomic E-state index is 0.0512. The summed E-state index contributed by atoms with van der Waals surface area (Å²) in [4.78, 5) is 23.8. The molecule has 1 unspecified atom stereocenters. The average Bonchev–Trinajstić information content (AvgIpc) is 3.15. The van der Waals surface area contributed by atoms with Gasteiger partial charge in [-0.05, 0) is 49.6 Å². The minimum Gasteiger partial charge on any atom is -0.380 e. The van der Waals surface area contributed by atoms with Crippen molar-refractivity contribution in [1.82, 2.24) is 0 Å². The van der Waals surface area contributed by atoms with E-state index in [1.54, 1.807) is 18.2 Å². The van der Waals surface area contributed by atoms with E-state index >= 15 is 0 Å². The number of rotatable bonds is 6. The molecule has 2 N–H and O–H groups in total. The molecule has 1 fully saturated rings. The van der Waals surface area contributed by atoms with Gasteiger partial charge in [-0.3, -0.25) is 9.59 Å². The highest BCUT2D eigenvalue weighted by atomic mass is 19.1. The summed E-state index contributed by atoms with van der Waals surface area (Å²) in [6.45, 7) is 2.35. The number of anilines is 2. The first-order chi connectivity index (χ1) is 12.5. The fraction of sp³-hybridized carbons (Fsp3) is 0.300. The lowest BCUT2D eigenvalue weighted by Gasteiger charge is -2.13. The maximum absolute atomic E-state index is 13.9. The van der Waals surface area contributed by atoms with E-state index in [1.165, 1.54) is 13.0 Å². The fourth-order valence-corrected chi connectivity index (χ4v) is 2.99. The van der Waals surface area contributed by atoms with Crippen LogP contribution in [0.25, 0.3) is 0 Å². The molecule has 0 saturated carbocycles. The van der Waals surface area contributed by atoms with Gasteiger partial charge < -0.3 is 15.4 Å². The zero-order valence-corrected chi connectivity index (χ0v) is 14.5. The third-order valence-corrected chi connectivity index (χ3v) is 4.27. The number of ketones is 1. The SMILES string of the molecule is CC(=O)c1c(F)cccc1NCc1cccc(NC(=O)C2CCCO2)c1. The normalized spacial score (nSPS) is 16.3. The molecule has 26 heavy (non-hydrogen) atoms. The zero-order chi connectivity index (χ0) is 18.5. The first-order valence-corrected chi connectivity index (χ1v) is 8.59. The Morgan fingerprint density at radius 3 is 2.77 bits per heavy atom. The number of carbonyl (C=O) groups is 2. The highest BCUT2D eigenvalue weighted by Crippen LogP contribution is 2.21. The van der Waals surface area contributed by atoms with Crippen molar-refractivity contribution in [1.29, 1.82) is 0 Å². The predicted octanol–water partition coefficient (Wildman–Crippen LogP) is 3.76. The molecular weight excluding hydrogens is 335 g/mol. The summed E-state index contributed by atoms with van der Waals surface area (Å²) in [7, 11) is 0. The molecule has 1 atom stereocenters. The van der Waals surface area contributed by atoms with Gasteiger partial charge in [-0.2, -0.15) is 0 Å². The van der Waals surface area contributed by atoms with Crippen molar-refractivity contribution in [2.45, 2.75) is 32.4 Å². The van der Waals surface area contributed by atoms with Crippen LogP contribution in [-0.4, -0.2) is 24.4 Å². The molecule has 2 aromatic rings. The van der Waals surface area contributed by atoms with Gasteiger partial charge in [0.15, 0.2) is 5.78 Å². The van der Waals surface area contributed by atoms with E-state index in [2.05, 4.69) is 10.6 Å². The van der Waals surface area contributed by atoms with E-state index < -0.39 is 5.82 Å². The summed E-state index contributed by atoms with van der Waals surface area (Å²) in [5.74, 6) is -1.01. The maximum atomic E-state index is 13.9. The summed E-state index contributed by atoms with van der Waals surface area (Å²) in [6, 6.07) is 11.9. The first kappa shape index (κ1) is 18.1. The van der Waals surface area contributed by atoms with Gasteiger partial charge in [0.2, 0.25) is 0 Å². The van der Waals surface area contributed by atoms with Crippen molar-refractivity contribution in [2.24, 2.45) is 0 Å². The van der Waals surface area contributed by atoms with Crippen LogP contribution in [0.4, 0.5) is 15.8 Å². The number of halogens is 1. The Bertz CT molecular complexity index is 816. The van der Waals surface area contributed by atoms with E-state index in [0.29, 0.717) is 24.5 Å². The van der Waals surface area contributed by atoms with Gasteiger partial charge in [0.1, 0.15) is 11.9 Å². The molecule has 0 bridgehead atoms. The Morgan fingerprint density at radius 1 is 1.23 bits per heavy atom. The van der Waals surface area contributed by atoms with Gasteiger partial charge in [-0.25, -0.2) is 4.39 Å². The molecule has 1 aliphatic heterocycles. The van der Waals surface area contributed by atoms with Crippen molar-refractivity contribution in [3.8, 4) is 0 Å². The zero-order valence-electron chi connectivity index (χ0n) is 14.5. The summed E-state index contributed by atoms with van der Waals surface area (Å²) >= 11 is 0. The number of nitrogens with one attached hydrogen (secondary N) is 2. The van der Waals surface area contributed by atoms with Crippen LogP contribution < -0.4 is 10.6 Å². The second-order valence-electron chi connectivity index (χ2n) is 6.26. The molecule has 0 aliphatic carbocycles. The van der Waals surface area contributed by atoms with Crippen molar-refractivity contribution in [2.75, 3.05) is 17.2 Å². The summed E-state index contributed by atoms with van der Waals surface area (Å²) < 4.78 is 19.2. The topological polar surface area (TPSA) is 67.4 Å². The highest BCUT2D eigenvalue weighted by Gasteiger charge is 2.23. The Kier molecular flexibility index (Phi) is 5.63. The second-order valence-corrected chi connectivity index (χ2v) is 6.26. The summed E-state index contributed by atoms with van der Waals surface area (Å²) in [6.07, 6.45) is 1.25. The molecule has 1 aliphatic rings. The lowest BCUT2D eigenvalue weighted by atomic mass is 10.1. The van der Waals surface area contributed by atoms with Crippen LogP contribution in [0.2, 0.25) is 0 Å². The monoisotopic (exact) mass is 356 g/mol. The molecule has 6 heteroatoms. The smallest absolute Gasteiger partial charge is 0.253 e. The van der Waals surface area contributed by atoms with E-state index in [1.807, 2.05) is 18.2 Å². The molecule has 136 valence electrons. The third-order valence-electron chi connectivity index (χ3n) is 4.27. The van der Waals surface area contributed by atoms with Gasteiger partial charge in [0, 0.05) is 24.5 Å². The largest absolute Gasteiger partial charge is 0.380 e. The number of ether oxygens (including phenoxy) is 1. The van der Waals surface area contributed by atoms with Gasteiger partial charge in [-0.1, -0.05) is 18.2 Å². The number of Topliss-reactive ketones (excluding diaryl/α,β-unsaturated/α-hetero) is 1. The Labute approximate surface area is 151 Å². The molecule has 5 nitrogen and oxygen atoms in total. The lowest BCUT2D eigenvalue weighted by molar-refractivity contribution is -0.124. The second kappa shape index (κ2) is 8.10. The molecule has 1 heterocycles. The van der Waals surface area contributed by atoms with Crippen molar-refractivity contribution < 1.29 is 18.7 Å². The van der Waals surface area contributed by atoms with Crippen LogP contribution in [0.1, 0.15) is 35.7 Å². The van der Waals surface area contributed by atoms with E-state index in [0.717, 1.165) is 18.4 Å². The van der Waals surface area contributed by atoms with Gasteiger partial charge in [0.25, 0.3) is 5.91 Å². The van der Waals surface area contributed by atoms with Crippen LogP contribution in [0.5, 0.6) is 0 Å². The summed E-state index contributed by atoms with van der Waals surface area (Å²) in [5.41, 5.74) is 2.08. The molecule has 0 aromatic heterocycles. The highest BCUT2D eigenvalue weighted by molar-refractivity contribution is 5.99. The fourth-order valence-electron chi connectivity index (χ4n) is 2.99. The predicted molar refractivity (Wildman–Crippen MR) is 97.8 cm³/mol. The van der Waals surface area contributed by atoms with E-state index in [4.69, 9.17) is 4.74 Å². The molecule has 0 radical (unpaired) electrons. The van der Waals surface area contributed by atoms with E-state index in [-0.39, 0.29) is 23.4 Å². The minimum atomic E-state index is -0.542. The number of hydrogen-bond donors (Lipinski definition) is 2. The number of benzene rings is 2. The number of carbonyl (C=O) groups excluding carboxylic acids is 2. The molecule has 1 amide bonds. The third kappa shape index (κ3) is 4.26. The van der Waals surface area contributed by atoms with Gasteiger partial charge in [0.05, 0.1) is 5.56 Å². The maximum Gasteiger partial charge on any atom is 0.253 e. The van der Waals surface area contributed by atoms with Crippen LogP contribution in [0.15, 0.2) is 42.5 Å². The lowest BCUT2D eigenvalue weighted by Crippen LogP contribution is -2.26. The Hall–Kier alpha value is -2.73. The van der Waals surface area contributed by atoms with E-state index in [9.17, 15) is 14.0 Å². The summed E-state index contributed by atoms with van der Waals surface area (Å²) in [5, 5.41) is 5.94. The number of hydrogen-bond acceptors (Lipinski definition) is 4. The molecular formula is C20H21FN2O3. The van der Waals surface area contributed by atoms with Gasteiger partial charge in [-0.15, -0.1) is 0 Å². The van der Waals surface area contributed by atoms with Crippen LogP contribution in [-0.2, 0) is 16.1 Å². The van der Waals surface area contributed by atoms with Gasteiger partial charge >= 0.3 is 0 Å². The van der Waals surface area contributed by atoms with Crippen LogP contribution in [0.3, 0.4) is 0 Å². The Balaban J connectivity index is 1.67. The molecule has 0 spiro atoms. The van der Waals surface area contributed by atoms with Crippen molar-refractivity contribution in [3.63, 3.8) is 0 Å².